The number of hydrogen-bond acceptors (Lipinski definition) is 6. The zero-order valence-corrected chi connectivity index (χ0v) is 23.0. The minimum atomic E-state index is -0.618. The van der Waals surface area contributed by atoms with Crippen LogP contribution in [0.1, 0.15) is 71.0 Å². The van der Waals surface area contributed by atoms with Gasteiger partial charge < -0.3 is 14.4 Å². The van der Waals surface area contributed by atoms with E-state index in [4.69, 9.17) is 14.7 Å². The van der Waals surface area contributed by atoms with E-state index < -0.39 is 16.9 Å². The molecule has 1 fully saturated rings. The Morgan fingerprint density at radius 3 is 2.61 bits per heavy atom. The number of ketones is 1. The number of nitrogens with zero attached hydrogens (tertiary/aromatic N) is 3. The average molecular weight is 516 g/mol. The maximum atomic E-state index is 12.9. The Bertz CT molecular complexity index is 1300. The summed E-state index contributed by atoms with van der Waals surface area (Å²) in [6, 6.07) is 10.1. The van der Waals surface area contributed by atoms with E-state index in [9.17, 15) is 14.4 Å². The molecule has 2 aliphatic carbocycles. The van der Waals surface area contributed by atoms with Crippen molar-refractivity contribution in [3.63, 3.8) is 0 Å². The van der Waals surface area contributed by atoms with Crippen LogP contribution >= 0.6 is 0 Å². The quantitative estimate of drug-likeness (QED) is 0.401. The zero-order valence-electron chi connectivity index (χ0n) is 23.0. The van der Waals surface area contributed by atoms with Crippen LogP contribution in [0.2, 0.25) is 0 Å². The van der Waals surface area contributed by atoms with Gasteiger partial charge in [0.15, 0.2) is 5.82 Å². The molecule has 2 heterocycles. The number of benzene rings is 1. The van der Waals surface area contributed by atoms with Crippen LogP contribution in [0.15, 0.2) is 36.4 Å². The van der Waals surface area contributed by atoms with Gasteiger partial charge in [-0.2, -0.15) is 0 Å². The van der Waals surface area contributed by atoms with E-state index in [0.29, 0.717) is 31.8 Å². The lowest BCUT2D eigenvalue weighted by molar-refractivity contribution is -0.137. The van der Waals surface area contributed by atoms with Gasteiger partial charge in [0.25, 0.3) is 0 Å². The Morgan fingerprint density at radius 1 is 1.18 bits per heavy atom. The second-order valence-corrected chi connectivity index (χ2v) is 12.2. The third kappa shape index (κ3) is 4.67. The normalized spacial score (nSPS) is 27.2. The van der Waals surface area contributed by atoms with Gasteiger partial charge in [-0.3, -0.25) is 4.79 Å². The molecule has 1 aromatic carbocycles. The van der Waals surface area contributed by atoms with E-state index in [-0.39, 0.29) is 23.7 Å². The van der Waals surface area contributed by atoms with Crippen LogP contribution in [0.4, 0.5) is 4.79 Å². The first kappa shape index (κ1) is 26.3. The van der Waals surface area contributed by atoms with Gasteiger partial charge in [0.05, 0.1) is 23.9 Å². The SMILES string of the molecule is C[C@H]1C(=O)C(C=O)C[C@@]2(C)c3nc(C4=CCCN(C(=O)OC(C)(C)C)C4)nc(-c4ccccc4)c3CC[C@H]12. The molecule has 0 N–H and O–H groups in total. The number of ether oxygens (including phenoxy) is 1. The van der Waals surface area contributed by atoms with Gasteiger partial charge in [-0.05, 0) is 52.4 Å². The zero-order chi connectivity index (χ0) is 27.2. The van der Waals surface area contributed by atoms with Gasteiger partial charge in [-0.15, -0.1) is 0 Å². The van der Waals surface area contributed by atoms with Crippen LogP contribution in [0.25, 0.3) is 16.8 Å². The molecule has 0 spiro atoms. The summed E-state index contributed by atoms with van der Waals surface area (Å²) in [6.07, 6.45) is 5.38. The summed E-state index contributed by atoms with van der Waals surface area (Å²) in [5, 5.41) is 0. The summed E-state index contributed by atoms with van der Waals surface area (Å²) in [4.78, 5) is 49.7. The molecule has 5 rings (SSSR count). The predicted molar refractivity (Wildman–Crippen MR) is 145 cm³/mol. The number of Topliss-reactive ketones (excluding diaryl/α,β-unsaturated/α-hetero) is 1. The fraction of sp³-hybridized carbons (Fsp3) is 0.516. The maximum absolute atomic E-state index is 12.9. The Labute approximate surface area is 224 Å². The van der Waals surface area contributed by atoms with E-state index in [0.717, 1.165) is 47.2 Å². The summed E-state index contributed by atoms with van der Waals surface area (Å²) in [5.74, 6) is -0.0558. The molecule has 1 aromatic heterocycles. The highest BCUT2D eigenvalue weighted by Gasteiger charge is 2.53. The fourth-order valence-corrected chi connectivity index (χ4v) is 6.61. The van der Waals surface area contributed by atoms with E-state index in [1.165, 1.54) is 0 Å². The first-order valence-corrected chi connectivity index (χ1v) is 13.6. The van der Waals surface area contributed by atoms with Gasteiger partial charge >= 0.3 is 6.09 Å². The molecule has 0 saturated heterocycles. The van der Waals surface area contributed by atoms with Crippen LogP contribution in [0.5, 0.6) is 0 Å². The van der Waals surface area contributed by atoms with Crippen molar-refractivity contribution < 1.29 is 19.1 Å². The number of aldehydes is 1. The van der Waals surface area contributed by atoms with Crippen molar-refractivity contribution in [1.82, 2.24) is 14.9 Å². The van der Waals surface area contributed by atoms with E-state index in [2.05, 4.69) is 25.1 Å². The predicted octanol–water partition coefficient (Wildman–Crippen LogP) is 5.41. The lowest BCUT2D eigenvalue weighted by atomic mass is 9.54. The number of carbonyl (C=O) groups is 3. The molecule has 1 aliphatic heterocycles. The summed E-state index contributed by atoms with van der Waals surface area (Å²) in [7, 11) is 0. The van der Waals surface area contributed by atoms with E-state index in [1.807, 2.05) is 45.9 Å². The highest BCUT2D eigenvalue weighted by Crippen LogP contribution is 2.53. The molecule has 200 valence electrons. The maximum Gasteiger partial charge on any atom is 0.410 e. The number of carbonyl (C=O) groups excluding carboxylic acids is 3. The van der Waals surface area contributed by atoms with E-state index in [1.54, 1.807) is 4.90 Å². The van der Waals surface area contributed by atoms with Crippen LogP contribution in [-0.2, 0) is 26.2 Å². The highest BCUT2D eigenvalue weighted by atomic mass is 16.6. The molecule has 1 amide bonds. The highest BCUT2D eigenvalue weighted by molar-refractivity contribution is 5.96. The lowest BCUT2D eigenvalue weighted by Crippen LogP contribution is -2.51. The number of fused-ring (bicyclic) bond motifs is 3. The standard InChI is InChI=1S/C31H37N3O4/c1-19-24-14-13-23-25(20-10-7-6-8-11-20)32-28(33-27(23)31(24,5)16-22(18-35)26(19)36)21-12-9-15-34(17-21)29(37)38-30(2,3)4/h6-8,10-12,18-19,22,24H,9,13-17H2,1-5H3/t19-,22?,24-,31-/m1/s1. The first-order chi connectivity index (χ1) is 18.0. The van der Waals surface area contributed by atoms with Crippen molar-refractivity contribution in [2.75, 3.05) is 13.1 Å². The number of aromatic nitrogens is 2. The minimum absolute atomic E-state index is 0.0477. The Morgan fingerprint density at radius 2 is 1.92 bits per heavy atom. The topological polar surface area (TPSA) is 89.5 Å². The Kier molecular flexibility index (Phi) is 6.74. The van der Waals surface area contributed by atoms with Crippen molar-refractivity contribution >= 4 is 23.7 Å². The van der Waals surface area contributed by atoms with Crippen molar-refractivity contribution in [3.8, 4) is 11.3 Å². The summed E-state index contributed by atoms with van der Waals surface area (Å²) >= 11 is 0. The second-order valence-electron chi connectivity index (χ2n) is 12.2. The summed E-state index contributed by atoms with van der Waals surface area (Å²) in [5.41, 5.74) is 3.85. The Balaban J connectivity index is 1.61. The van der Waals surface area contributed by atoms with E-state index >= 15 is 0 Å². The number of amides is 1. The third-order valence-corrected chi connectivity index (χ3v) is 8.43. The van der Waals surface area contributed by atoms with Crippen molar-refractivity contribution in [3.05, 3.63) is 53.5 Å². The largest absolute Gasteiger partial charge is 0.444 e. The monoisotopic (exact) mass is 515 g/mol. The molecule has 38 heavy (non-hydrogen) atoms. The molecule has 0 radical (unpaired) electrons. The number of rotatable bonds is 3. The molecule has 2 aromatic rings. The minimum Gasteiger partial charge on any atom is -0.444 e. The molecule has 1 saturated carbocycles. The van der Waals surface area contributed by atoms with Gasteiger partial charge in [0.2, 0.25) is 0 Å². The lowest BCUT2D eigenvalue weighted by Gasteiger charge is -2.49. The van der Waals surface area contributed by atoms with Crippen LogP contribution in [0.3, 0.4) is 0 Å². The molecule has 7 nitrogen and oxygen atoms in total. The Hall–Kier alpha value is -3.35. The molecular formula is C31H37N3O4. The van der Waals surface area contributed by atoms with Crippen LogP contribution < -0.4 is 0 Å². The average Bonchev–Trinajstić information content (AvgIpc) is 2.90. The molecular weight excluding hydrogens is 478 g/mol. The van der Waals surface area contributed by atoms with Gasteiger partial charge in [-0.25, -0.2) is 14.8 Å². The third-order valence-electron chi connectivity index (χ3n) is 8.43. The van der Waals surface area contributed by atoms with Gasteiger partial charge in [0, 0.05) is 34.6 Å². The molecule has 7 heteroatoms. The fourth-order valence-electron chi connectivity index (χ4n) is 6.61. The van der Waals surface area contributed by atoms with Gasteiger partial charge in [-0.1, -0.05) is 50.3 Å². The second kappa shape index (κ2) is 9.75. The number of hydrogen-bond donors (Lipinski definition) is 0. The van der Waals surface area contributed by atoms with Crippen molar-refractivity contribution in [2.45, 2.75) is 71.3 Å². The molecule has 3 aliphatic rings. The molecule has 0 bridgehead atoms. The van der Waals surface area contributed by atoms with Crippen LogP contribution in [-0.4, -0.2) is 51.7 Å². The summed E-state index contributed by atoms with van der Waals surface area (Å²) < 4.78 is 5.63. The first-order valence-electron chi connectivity index (χ1n) is 13.6. The molecule has 4 atom stereocenters. The summed E-state index contributed by atoms with van der Waals surface area (Å²) in [6.45, 7) is 10.7. The van der Waals surface area contributed by atoms with Gasteiger partial charge in [0.1, 0.15) is 17.7 Å². The molecule has 1 unspecified atom stereocenters. The van der Waals surface area contributed by atoms with Crippen LogP contribution in [0, 0.1) is 17.8 Å². The van der Waals surface area contributed by atoms with Crippen molar-refractivity contribution in [1.29, 1.82) is 0 Å². The van der Waals surface area contributed by atoms with Crippen molar-refractivity contribution in [2.24, 2.45) is 17.8 Å². The smallest absolute Gasteiger partial charge is 0.410 e.